The van der Waals surface area contributed by atoms with Crippen LogP contribution in [0, 0.1) is 10.1 Å². The smallest absolute Gasteiger partial charge is 0.269 e. The number of nitro benzene ring substituents is 1. The van der Waals surface area contributed by atoms with Crippen LogP contribution in [0.15, 0.2) is 54.6 Å². The Balaban J connectivity index is 1.78. The molecule has 1 aliphatic rings. The summed E-state index contributed by atoms with van der Waals surface area (Å²) < 4.78 is 0. The molecule has 1 saturated heterocycles. The molecule has 2 atom stereocenters. The second kappa shape index (κ2) is 7.92. The van der Waals surface area contributed by atoms with Crippen molar-refractivity contribution < 1.29 is 4.92 Å². The zero-order valence-corrected chi connectivity index (χ0v) is 16.3. The molecule has 1 aromatic heterocycles. The standard InChI is InChI=1S/C21H22N6O2/c1-14-12-26(13-15(2)22-14)21-19(16-6-4-3-5-7-16)24-25-20(23-21)17-8-10-18(11-9-17)27(28)29/h3-11,14-15,22H,12-13H2,1-2H3/t14-,15+. The van der Waals surface area contributed by atoms with E-state index in [1.807, 2.05) is 30.3 Å². The van der Waals surface area contributed by atoms with Gasteiger partial charge in [-0.1, -0.05) is 30.3 Å². The van der Waals surface area contributed by atoms with E-state index >= 15 is 0 Å². The lowest BCUT2D eigenvalue weighted by atomic mass is 10.1. The Bertz CT molecular complexity index is 999. The number of nitro groups is 1. The second-order valence-electron chi connectivity index (χ2n) is 7.35. The molecule has 0 spiro atoms. The molecule has 0 amide bonds. The molecular weight excluding hydrogens is 368 g/mol. The van der Waals surface area contributed by atoms with Crippen LogP contribution in [0.5, 0.6) is 0 Å². The van der Waals surface area contributed by atoms with Crippen LogP contribution >= 0.6 is 0 Å². The quantitative estimate of drug-likeness (QED) is 0.539. The van der Waals surface area contributed by atoms with Gasteiger partial charge < -0.3 is 10.2 Å². The highest BCUT2D eigenvalue weighted by Crippen LogP contribution is 2.30. The van der Waals surface area contributed by atoms with Crippen molar-refractivity contribution in [3.8, 4) is 22.6 Å². The van der Waals surface area contributed by atoms with Gasteiger partial charge in [0.05, 0.1) is 4.92 Å². The molecule has 2 aromatic carbocycles. The van der Waals surface area contributed by atoms with Crippen LogP contribution in [0.25, 0.3) is 22.6 Å². The van der Waals surface area contributed by atoms with Gasteiger partial charge in [-0.2, -0.15) is 0 Å². The third-order valence-electron chi connectivity index (χ3n) is 4.91. The Kier molecular flexibility index (Phi) is 5.18. The molecule has 148 valence electrons. The fraction of sp³-hybridized carbons (Fsp3) is 0.286. The summed E-state index contributed by atoms with van der Waals surface area (Å²) in [7, 11) is 0. The Morgan fingerprint density at radius 1 is 0.966 bits per heavy atom. The summed E-state index contributed by atoms with van der Waals surface area (Å²) in [6, 6.07) is 16.8. The molecule has 4 rings (SSSR count). The topological polar surface area (TPSA) is 97.1 Å². The van der Waals surface area contributed by atoms with Crippen LogP contribution in [0.3, 0.4) is 0 Å². The molecule has 0 aliphatic carbocycles. The first-order valence-corrected chi connectivity index (χ1v) is 9.57. The normalized spacial score (nSPS) is 19.2. The monoisotopic (exact) mass is 390 g/mol. The molecule has 0 saturated carbocycles. The van der Waals surface area contributed by atoms with Crippen molar-refractivity contribution in [2.45, 2.75) is 25.9 Å². The maximum absolute atomic E-state index is 10.9. The molecule has 2 heterocycles. The van der Waals surface area contributed by atoms with E-state index < -0.39 is 4.92 Å². The largest absolute Gasteiger partial charge is 0.352 e. The molecule has 1 fully saturated rings. The minimum atomic E-state index is -0.420. The lowest BCUT2D eigenvalue weighted by molar-refractivity contribution is -0.384. The summed E-state index contributed by atoms with van der Waals surface area (Å²) in [5.41, 5.74) is 2.42. The van der Waals surface area contributed by atoms with Gasteiger partial charge in [0.25, 0.3) is 5.69 Å². The van der Waals surface area contributed by atoms with Crippen LogP contribution in [0.1, 0.15) is 13.8 Å². The van der Waals surface area contributed by atoms with E-state index in [0.717, 1.165) is 30.2 Å². The van der Waals surface area contributed by atoms with Crippen molar-refractivity contribution in [2.75, 3.05) is 18.0 Å². The molecular formula is C21H22N6O2. The number of nitrogens with zero attached hydrogens (tertiary/aromatic N) is 5. The third-order valence-corrected chi connectivity index (χ3v) is 4.91. The third kappa shape index (κ3) is 4.07. The number of anilines is 1. The van der Waals surface area contributed by atoms with Crippen LogP contribution in [0.2, 0.25) is 0 Å². The molecule has 1 aliphatic heterocycles. The van der Waals surface area contributed by atoms with Crippen molar-refractivity contribution in [1.29, 1.82) is 0 Å². The van der Waals surface area contributed by atoms with Crippen molar-refractivity contribution in [3.05, 3.63) is 64.7 Å². The van der Waals surface area contributed by atoms with Gasteiger partial charge in [-0.15, -0.1) is 10.2 Å². The number of rotatable bonds is 4. The molecule has 29 heavy (non-hydrogen) atoms. The fourth-order valence-electron chi connectivity index (χ4n) is 3.68. The number of aromatic nitrogens is 3. The van der Waals surface area contributed by atoms with E-state index in [-0.39, 0.29) is 5.69 Å². The van der Waals surface area contributed by atoms with Crippen LogP contribution in [0.4, 0.5) is 11.5 Å². The summed E-state index contributed by atoms with van der Waals surface area (Å²) in [5.74, 6) is 1.23. The van der Waals surface area contributed by atoms with Gasteiger partial charge in [-0.25, -0.2) is 4.98 Å². The summed E-state index contributed by atoms with van der Waals surface area (Å²) in [4.78, 5) is 17.6. The van der Waals surface area contributed by atoms with E-state index in [2.05, 4.69) is 34.3 Å². The number of hydrogen-bond acceptors (Lipinski definition) is 7. The number of nitrogens with one attached hydrogen (secondary N) is 1. The SMILES string of the molecule is C[C@@H]1CN(c2nc(-c3ccc([N+](=O)[O-])cc3)nnc2-c2ccccc2)C[C@H](C)N1. The van der Waals surface area contributed by atoms with Crippen LogP contribution in [-0.4, -0.2) is 45.3 Å². The fourth-order valence-corrected chi connectivity index (χ4v) is 3.68. The molecule has 8 nitrogen and oxygen atoms in total. The number of hydrogen-bond donors (Lipinski definition) is 1. The van der Waals surface area contributed by atoms with Gasteiger partial charge in [-0.3, -0.25) is 10.1 Å². The predicted octanol–water partition coefficient (Wildman–Crippen LogP) is 3.30. The lowest BCUT2D eigenvalue weighted by Crippen LogP contribution is -2.54. The zero-order chi connectivity index (χ0) is 20.4. The zero-order valence-electron chi connectivity index (χ0n) is 16.3. The highest BCUT2D eigenvalue weighted by molar-refractivity contribution is 5.73. The number of piperazine rings is 1. The molecule has 0 radical (unpaired) electrons. The molecule has 0 bridgehead atoms. The lowest BCUT2D eigenvalue weighted by Gasteiger charge is -2.37. The first-order chi connectivity index (χ1) is 14.0. The Labute approximate surface area is 168 Å². The summed E-state index contributed by atoms with van der Waals surface area (Å²) >= 11 is 0. The minimum Gasteiger partial charge on any atom is -0.352 e. The molecule has 3 aromatic rings. The second-order valence-corrected chi connectivity index (χ2v) is 7.35. The Morgan fingerprint density at radius 3 is 2.24 bits per heavy atom. The summed E-state index contributed by atoms with van der Waals surface area (Å²) in [6.45, 7) is 5.92. The molecule has 8 heteroatoms. The first kappa shape index (κ1) is 18.9. The van der Waals surface area contributed by atoms with Crippen molar-refractivity contribution >= 4 is 11.5 Å². The van der Waals surface area contributed by atoms with E-state index in [4.69, 9.17) is 4.98 Å². The number of non-ortho nitro benzene ring substituents is 1. The van der Waals surface area contributed by atoms with Crippen LogP contribution in [-0.2, 0) is 0 Å². The average Bonchev–Trinajstić information content (AvgIpc) is 2.73. The van der Waals surface area contributed by atoms with Crippen LogP contribution < -0.4 is 10.2 Å². The highest BCUT2D eigenvalue weighted by Gasteiger charge is 2.26. The molecule has 1 N–H and O–H groups in total. The van der Waals surface area contributed by atoms with Crippen molar-refractivity contribution in [1.82, 2.24) is 20.5 Å². The molecule has 0 unspecified atom stereocenters. The van der Waals surface area contributed by atoms with E-state index in [1.54, 1.807) is 12.1 Å². The van der Waals surface area contributed by atoms with Crippen molar-refractivity contribution in [2.24, 2.45) is 0 Å². The van der Waals surface area contributed by atoms with E-state index in [0.29, 0.717) is 23.5 Å². The highest BCUT2D eigenvalue weighted by atomic mass is 16.6. The summed E-state index contributed by atoms with van der Waals surface area (Å²) in [6.07, 6.45) is 0. The van der Waals surface area contributed by atoms with E-state index in [1.165, 1.54) is 12.1 Å². The predicted molar refractivity (Wildman–Crippen MR) is 112 cm³/mol. The number of benzene rings is 2. The average molecular weight is 390 g/mol. The van der Waals surface area contributed by atoms with Gasteiger partial charge in [0.2, 0.25) is 0 Å². The van der Waals surface area contributed by atoms with E-state index in [9.17, 15) is 10.1 Å². The first-order valence-electron chi connectivity index (χ1n) is 9.57. The van der Waals surface area contributed by atoms with Gasteiger partial charge in [-0.05, 0) is 26.0 Å². The van der Waals surface area contributed by atoms with Gasteiger partial charge in [0.15, 0.2) is 11.6 Å². The van der Waals surface area contributed by atoms with Crippen molar-refractivity contribution in [3.63, 3.8) is 0 Å². The Hall–Kier alpha value is -3.39. The maximum atomic E-state index is 10.9. The van der Waals surface area contributed by atoms with Gasteiger partial charge in [0.1, 0.15) is 5.69 Å². The van der Waals surface area contributed by atoms with Gasteiger partial charge in [0, 0.05) is 48.4 Å². The Morgan fingerprint density at radius 2 is 1.62 bits per heavy atom. The van der Waals surface area contributed by atoms with Gasteiger partial charge >= 0.3 is 0 Å². The maximum Gasteiger partial charge on any atom is 0.269 e. The minimum absolute atomic E-state index is 0.0348. The summed E-state index contributed by atoms with van der Waals surface area (Å²) in [5, 5.41) is 23.3.